The minimum atomic E-state index is -0.439. The van der Waals surface area contributed by atoms with Gasteiger partial charge in [-0.2, -0.15) is 0 Å². The van der Waals surface area contributed by atoms with Crippen LogP contribution in [0.2, 0.25) is 5.02 Å². The molecule has 1 aromatic heterocycles. The molecule has 21 heavy (non-hydrogen) atoms. The molecule has 106 valence electrons. The summed E-state index contributed by atoms with van der Waals surface area (Å²) in [4.78, 5) is 10.3. The number of aromatic nitrogens is 1. The Labute approximate surface area is 126 Å². The first-order valence-corrected chi connectivity index (χ1v) is 6.92. The molecule has 0 N–H and O–H groups in total. The quantitative estimate of drug-likeness (QED) is 0.526. The first-order valence-electron chi connectivity index (χ1n) is 6.54. The average molecular weight is 301 g/mol. The second kappa shape index (κ2) is 5.22. The summed E-state index contributed by atoms with van der Waals surface area (Å²) in [5.74, 6) is 0. The third-order valence-electron chi connectivity index (χ3n) is 3.59. The van der Waals surface area contributed by atoms with Gasteiger partial charge in [-0.05, 0) is 36.1 Å². The SMILES string of the molecule is Cc1cc2ccccc2n1Cc1ccc([N+](=O)[O-])cc1Cl. The Morgan fingerprint density at radius 3 is 2.67 bits per heavy atom. The predicted octanol–water partition coefficient (Wildman–Crippen LogP) is 4.56. The van der Waals surface area contributed by atoms with Crippen LogP contribution < -0.4 is 0 Å². The van der Waals surface area contributed by atoms with Crippen molar-refractivity contribution in [1.29, 1.82) is 0 Å². The van der Waals surface area contributed by atoms with Crippen LogP contribution in [0.3, 0.4) is 0 Å². The summed E-state index contributed by atoms with van der Waals surface area (Å²) in [7, 11) is 0. The van der Waals surface area contributed by atoms with Crippen molar-refractivity contribution in [3.63, 3.8) is 0 Å². The number of nitro benzene ring substituents is 1. The number of nitrogens with zero attached hydrogens (tertiary/aromatic N) is 2. The van der Waals surface area contributed by atoms with E-state index in [4.69, 9.17) is 11.6 Å². The fourth-order valence-corrected chi connectivity index (χ4v) is 2.74. The van der Waals surface area contributed by atoms with Gasteiger partial charge in [0.1, 0.15) is 0 Å². The monoisotopic (exact) mass is 300 g/mol. The van der Waals surface area contributed by atoms with Gasteiger partial charge in [-0.3, -0.25) is 10.1 Å². The highest BCUT2D eigenvalue weighted by atomic mass is 35.5. The molecular weight excluding hydrogens is 288 g/mol. The average Bonchev–Trinajstić information content (AvgIpc) is 2.77. The van der Waals surface area contributed by atoms with Crippen LogP contribution in [-0.4, -0.2) is 9.49 Å². The zero-order valence-corrected chi connectivity index (χ0v) is 12.2. The number of aryl methyl sites for hydroxylation is 1. The zero-order valence-electron chi connectivity index (χ0n) is 11.4. The van der Waals surface area contributed by atoms with E-state index in [0.29, 0.717) is 11.6 Å². The molecule has 0 unspecified atom stereocenters. The molecule has 0 saturated heterocycles. The van der Waals surface area contributed by atoms with E-state index in [1.165, 1.54) is 17.5 Å². The lowest BCUT2D eigenvalue weighted by atomic mass is 10.2. The lowest BCUT2D eigenvalue weighted by molar-refractivity contribution is -0.384. The fraction of sp³-hybridized carbons (Fsp3) is 0.125. The fourth-order valence-electron chi connectivity index (χ4n) is 2.51. The molecule has 0 spiro atoms. The van der Waals surface area contributed by atoms with E-state index in [-0.39, 0.29) is 5.69 Å². The maximum Gasteiger partial charge on any atom is 0.270 e. The maximum atomic E-state index is 10.8. The molecule has 5 heteroatoms. The van der Waals surface area contributed by atoms with E-state index in [2.05, 4.69) is 22.8 Å². The van der Waals surface area contributed by atoms with E-state index in [1.54, 1.807) is 6.07 Å². The van der Waals surface area contributed by atoms with Crippen LogP contribution in [0.5, 0.6) is 0 Å². The molecule has 0 aliphatic rings. The van der Waals surface area contributed by atoms with Crippen LogP contribution in [0, 0.1) is 17.0 Å². The van der Waals surface area contributed by atoms with Gasteiger partial charge in [0, 0.05) is 29.9 Å². The van der Waals surface area contributed by atoms with E-state index in [0.717, 1.165) is 16.8 Å². The Morgan fingerprint density at radius 2 is 1.95 bits per heavy atom. The zero-order chi connectivity index (χ0) is 15.0. The number of fused-ring (bicyclic) bond motifs is 1. The van der Waals surface area contributed by atoms with Crippen molar-refractivity contribution in [2.24, 2.45) is 0 Å². The van der Waals surface area contributed by atoms with Crippen molar-refractivity contribution in [1.82, 2.24) is 4.57 Å². The summed E-state index contributed by atoms with van der Waals surface area (Å²) in [5.41, 5.74) is 3.14. The summed E-state index contributed by atoms with van der Waals surface area (Å²) in [6.45, 7) is 2.63. The van der Waals surface area contributed by atoms with Crippen LogP contribution in [0.15, 0.2) is 48.5 Å². The number of halogens is 1. The van der Waals surface area contributed by atoms with E-state index in [1.807, 2.05) is 19.1 Å². The molecule has 2 aromatic carbocycles. The molecule has 0 aliphatic carbocycles. The molecule has 0 aliphatic heterocycles. The summed E-state index contributed by atoms with van der Waals surface area (Å²) < 4.78 is 2.16. The highest BCUT2D eigenvalue weighted by Crippen LogP contribution is 2.26. The van der Waals surface area contributed by atoms with Crippen molar-refractivity contribution >= 4 is 28.2 Å². The molecule has 1 heterocycles. The number of para-hydroxylation sites is 1. The third-order valence-corrected chi connectivity index (χ3v) is 3.95. The van der Waals surface area contributed by atoms with Crippen molar-refractivity contribution in [2.45, 2.75) is 13.5 Å². The lowest BCUT2D eigenvalue weighted by Crippen LogP contribution is -2.02. The largest absolute Gasteiger partial charge is 0.340 e. The summed E-state index contributed by atoms with van der Waals surface area (Å²) in [6.07, 6.45) is 0. The number of non-ortho nitro benzene ring substituents is 1. The van der Waals surface area contributed by atoms with Gasteiger partial charge in [0.25, 0.3) is 5.69 Å². The Kier molecular flexibility index (Phi) is 3.39. The van der Waals surface area contributed by atoms with E-state index < -0.39 is 4.92 Å². The Balaban J connectivity index is 2.03. The standard InChI is InChI=1S/C16H13ClN2O2/c1-11-8-12-4-2-3-5-16(12)18(11)10-13-6-7-14(19(20)21)9-15(13)17/h2-9H,10H2,1H3. The van der Waals surface area contributed by atoms with Crippen molar-refractivity contribution in [3.8, 4) is 0 Å². The highest BCUT2D eigenvalue weighted by Gasteiger charge is 2.12. The van der Waals surface area contributed by atoms with Crippen LogP contribution in [-0.2, 0) is 6.54 Å². The molecule has 0 fully saturated rings. The van der Waals surface area contributed by atoms with Crippen molar-refractivity contribution in [2.75, 3.05) is 0 Å². The molecule has 3 rings (SSSR count). The summed E-state index contributed by atoms with van der Waals surface area (Å²) >= 11 is 6.18. The van der Waals surface area contributed by atoms with Gasteiger partial charge in [0.15, 0.2) is 0 Å². The van der Waals surface area contributed by atoms with Gasteiger partial charge in [-0.1, -0.05) is 29.8 Å². The molecular formula is C16H13ClN2O2. The number of nitro groups is 1. The molecule has 4 nitrogen and oxygen atoms in total. The number of hydrogen-bond donors (Lipinski definition) is 0. The summed E-state index contributed by atoms with van der Waals surface area (Å²) in [5, 5.41) is 12.3. The van der Waals surface area contributed by atoms with Gasteiger partial charge in [0.2, 0.25) is 0 Å². The smallest absolute Gasteiger partial charge is 0.270 e. The van der Waals surface area contributed by atoms with Gasteiger partial charge in [-0.15, -0.1) is 0 Å². The van der Waals surface area contributed by atoms with Crippen LogP contribution >= 0.6 is 11.6 Å². The topological polar surface area (TPSA) is 48.1 Å². The Bertz CT molecular complexity index is 839. The molecule has 3 aromatic rings. The van der Waals surface area contributed by atoms with Gasteiger partial charge in [0.05, 0.1) is 9.95 Å². The van der Waals surface area contributed by atoms with Crippen molar-refractivity contribution < 1.29 is 4.92 Å². The first kappa shape index (κ1) is 13.6. The molecule has 0 saturated carbocycles. The van der Waals surface area contributed by atoms with Crippen molar-refractivity contribution in [3.05, 3.63) is 74.9 Å². The van der Waals surface area contributed by atoms with Gasteiger partial charge in [-0.25, -0.2) is 0 Å². The minimum Gasteiger partial charge on any atom is -0.340 e. The second-order valence-corrected chi connectivity index (χ2v) is 5.37. The first-order chi connectivity index (χ1) is 10.1. The van der Waals surface area contributed by atoms with Gasteiger partial charge < -0.3 is 4.57 Å². The summed E-state index contributed by atoms with van der Waals surface area (Å²) in [6, 6.07) is 14.8. The number of rotatable bonds is 3. The Morgan fingerprint density at radius 1 is 1.19 bits per heavy atom. The van der Waals surface area contributed by atoms with E-state index in [9.17, 15) is 10.1 Å². The molecule has 0 radical (unpaired) electrons. The van der Waals surface area contributed by atoms with Crippen LogP contribution in [0.25, 0.3) is 10.9 Å². The molecule has 0 atom stereocenters. The van der Waals surface area contributed by atoms with E-state index >= 15 is 0 Å². The molecule has 0 bridgehead atoms. The second-order valence-electron chi connectivity index (χ2n) is 4.96. The maximum absolute atomic E-state index is 10.8. The normalized spacial score (nSPS) is 11.0. The van der Waals surface area contributed by atoms with Gasteiger partial charge >= 0.3 is 0 Å². The number of benzene rings is 2. The van der Waals surface area contributed by atoms with Crippen LogP contribution in [0.4, 0.5) is 5.69 Å². The minimum absolute atomic E-state index is 0.0119. The highest BCUT2D eigenvalue weighted by molar-refractivity contribution is 6.31. The Hall–Kier alpha value is -2.33. The molecule has 0 amide bonds. The van der Waals surface area contributed by atoms with Crippen LogP contribution in [0.1, 0.15) is 11.3 Å². The third kappa shape index (κ3) is 2.50. The predicted molar refractivity (Wildman–Crippen MR) is 83.9 cm³/mol. The lowest BCUT2D eigenvalue weighted by Gasteiger charge is -2.10. The number of hydrogen-bond acceptors (Lipinski definition) is 2.